The standard InChI is InChI=1S/C19H27FN4S/c1-6-21-18(24(5)11-17-12-25-14(2)23-17)22-13-19(3,4)15-7-9-16(20)10-8-15/h7-10,12H,6,11,13H2,1-5H3,(H,21,22). The fraction of sp³-hybridized carbons (Fsp3) is 0.474. The van der Waals surface area contributed by atoms with Crippen molar-refractivity contribution < 1.29 is 4.39 Å². The molecule has 6 heteroatoms. The van der Waals surface area contributed by atoms with E-state index in [1.54, 1.807) is 11.3 Å². The first-order valence-electron chi connectivity index (χ1n) is 8.48. The van der Waals surface area contributed by atoms with E-state index in [1.165, 1.54) is 12.1 Å². The summed E-state index contributed by atoms with van der Waals surface area (Å²) in [5, 5.41) is 6.49. The summed E-state index contributed by atoms with van der Waals surface area (Å²) in [4.78, 5) is 11.4. The summed E-state index contributed by atoms with van der Waals surface area (Å²) >= 11 is 1.66. The molecule has 25 heavy (non-hydrogen) atoms. The fourth-order valence-corrected chi connectivity index (χ4v) is 3.14. The molecule has 1 aromatic heterocycles. The van der Waals surface area contributed by atoms with E-state index in [0.717, 1.165) is 28.8 Å². The van der Waals surface area contributed by atoms with E-state index in [1.807, 2.05) is 26.1 Å². The molecule has 2 rings (SSSR count). The molecule has 0 atom stereocenters. The third-order valence-electron chi connectivity index (χ3n) is 4.01. The zero-order chi connectivity index (χ0) is 18.4. The van der Waals surface area contributed by atoms with Crippen molar-refractivity contribution >= 4 is 17.3 Å². The highest BCUT2D eigenvalue weighted by Gasteiger charge is 2.21. The summed E-state index contributed by atoms with van der Waals surface area (Å²) in [6.07, 6.45) is 0. The maximum Gasteiger partial charge on any atom is 0.194 e. The number of hydrogen-bond acceptors (Lipinski definition) is 3. The van der Waals surface area contributed by atoms with Gasteiger partial charge in [0, 0.05) is 24.4 Å². The van der Waals surface area contributed by atoms with Gasteiger partial charge in [-0.25, -0.2) is 9.37 Å². The highest BCUT2D eigenvalue weighted by atomic mass is 32.1. The molecule has 1 aromatic carbocycles. The highest BCUT2D eigenvalue weighted by molar-refractivity contribution is 7.09. The minimum atomic E-state index is -0.213. The lowest BCUT2D eigenvalue weighted by Crippen LogP contribution is -2.39. The van der Waals surface area contributed by atoms with Crippen LogP contribution in [0.4, 0.5) is 4.39 Å². The molecule has 0 aliphatic heterocycles. The fourth-order valence-electron chi connectivity index (χ4n) is 2.53. The Bertz CT molecular complexity index is 706. The first kappa shape index (κ1) is 19.4. The van der Waals surface area contributed by atoms with E-state index in [-0.39, 0.29) is 11.2 Å². The minimum Gasteiger partial charge on any atom is -0.357 e. The Morgan fingerprint density at radius 3 is 2.56 bits per heavy atom. The molecule has 136 valence electrons. The molecule has 0 amide bonds. The molecule has 0 aliphatic carbocycles. The van der Waals surface area contributed by atoms with Crippen molar-refractivity contribution in [1.82, 2.24) is 15.2 Å². The van der Waals surface area contributed by atoms with E-state index in [2.05, 4.69) is 41.4 Å². The van der Waals surface area contributed by atoms with Crippen LogP contribution in [0, 0.1) is 12.7 Å². The zero-order valence-electron chi connectivity index (χ0n) is 15.6. The summed E-state index contributed by atoms with van der Waals surface area (Å²) in [6, 6.07) is 6.67. The summed E-state index contributed by atoms with van der Waals surface area (Å²) in [5.41, 5.74) is 1.95. The van der Waals surface area contributed by atoms with Gasteiger partial charge in [0.15, 0.2) is 5.96 Å². The smallest absolute Gasteiger partial charge is 0.194 e. The largest absolute Gasteiger partial charge is 0.357 e. The predicted octanol–water partition coefficient (Wildman–Crippen LogP) is 3.97. The second-order valence-electron chi connectivity index (χ2n) is 6.77. The average Bonchev–Trinajstić information content (AvgIpc) is 2.96. The topological polar surface area (TPSA) is 40.5 Å². The molecule has 2 aromatic rings. The van der Waals surface area contributed by atoms with Gasteiger partial charge in [0.05, 0.1) is 23.8 Å². The van der Waals surface area contributed by atoms with Crippen LogP contribution in [-0.4, -0.2) is 36.0 Å². The Labute approximate surface area is 153 Å². The normalized spacial score (nSPS) is 12.3. The van der Waals surface area contributed by atoms with E-state index in [0.29, 0.717) is 13.1 Å². The van der Waals surface area contributed by atoms with Crippen LogP contribution in [0.2, 0.25) is 0 Å². The summed E-state index contributed by atoms with van der Waals surface area (Å²) in [5.74, 6) is 0.637. The average molecular weight is 363 g/mol. The molecule has 0 unspecified atom stereocenters. The number of rotatable bonds is 6. The van der Waals surface area contributed by atoms with Gasteiger partial charge in [-0.3, -0.25) is 4.99 Å². The number of aliphatic imine (C=N–C) groups is 1. The Balaban J connectivity index is 2.10. The Morgan fingerprint density at radius 2 is 2.00 bits per heavy atom. The lowest BCUT2D eigenvalue weighted by atomic mass is 9.85. The Hall–Kier alpha value is -1.95. The van der Waals surface area contributed by atoms with Gasteiger partial charge in [-0.2, -0.15) is 0 Å². The summed E-state index contributed by atoms with van der Waals surface area (Å²) < 4.78 is 13.2. The first-order valence-corrected chi connectivity index (χ1v) is 9.36. The molecule has 0 saturated heterocycles. The molecule has 0 radical (unpaired) electrons. The van der Waals surface area contributed by atoms with Crippen LogP contribution < -0.4 is 5.32 Å². The van der Waals surface area contributed by atoms with Crippen LogP contribution in [0.15, 0.2) is 34.6 Å². The summed E-state index contributed by atoms with van der Waals surface area (Å²) in [6.45, 7) is 10.4. The van der Waals surface area contributed by atoms with Crippen molar-refractivity contribution in [2.75, 3.05) is 20.1 Å². The number of thiazole rings is 1. The van der Waals surface area contributed by atoms with E-state index >= 15 is 0 Å². The van der Waals surface area contributed by atoms with Crippen molar-refractivity contribution in [2.24, 2.45) is 4.99 Å². The van der Waals surface area contributed by atoms with Crippen molar-refractivity contribution in [3.05, 3.63) is 51.7 Å². The van der Waals surface area contributed by atoms with Gasteiger partial charge >= 0.3 is 0 Å². The lowest BCUT2D eigenvalue weighted by molar-refractivity contribution is 0.461. The van der Waals surface area contributed by atoms with Gasteiger partial charge < -0.3 is 10.2 Å². The second kappa shape index (κ2) is 8.43. The summed E-state index contributed by atoms with van der Waals surface area (Å²) in [7, 11) is 2.01. The first-order chi connectivity index (χ1) is 11.8. The second-order valence-corrected chi connectivity index (χ2v) is 7.84. The van der Waals surface area contributed by atoms with Gasteiger partial charge in [0.2, 0.25) is 0 Å². The molecule has 1 N–H and O–H groups in total. The van der Waals surface area contributed by atoms with Crippen LogP contribution >= 0.6 is 11.3 Å². The van der Waals surface area contributed by atoms with Crippen LogP contribution in [0.3, 0.4) is 0 Å². The number of halogens is 1. The number of guanidine groups is 1. The van der Waals surface area contributed by atoms with E-state index in [4.69, 9.17) is 4.99 Å². The predicted molar refractivity (Wildman–Crippen MR) is 104 cm³/mol. The number of aromatic nitrogens is 1. The van der Waals surface area contributed by atoms with E-state index < -0.39 is 0 Å². The maximum atomic E-state index is 13.2. The Morgan fingerprint density at radius 1 is 1.32 bits per heavy atom. The van der Waals surface area contributed by atoms with Crippen molar-refractivity contribution in [2.45, 2.75) is 39.7 Å². The minimum absolute atomic E-state index is 0.174. The number of hydrogen-bond donors (Lipinski definition) is 1. The molecule has 0 aliphatic rings. The van der Waals surface area contributed by atoms with Crippen LogP contribution in [-0.2, 0) is 12.0 Å². The Kier molecular flexibility index (Phi) is 6.53. The van der Waals surface area contributed by atoms with Crippen molar-refractivity contribution in [1.29, 1.82) is 0 Å². The SMILES string of the molecule is CCNC(=NCC(C)(C)c1ccc(F)cc1)N(C)Cc1csc(C)n1. The number of nitrogens with zero attached hydrogens (tertiary/aromatic N) is 3. The zero-order valence-corrected chi connectivity index (χ0v) is 16.5. The van der Waals surface area contributed by atoms with Gasteiger partial charge in [-0.05, 0) is 31.5 Å². The van der Waals surface area contributed by atoms with Crippen LogP contribution in [0.25, 0.3) is 0 Å². The molecule has 0 fully saturated rings. The number of benzene rings is 1. The monoisotopic (exact) mass is 362 g/mol. The molecule has 0 spiro atoms. The number of aryl methyl sites for hydroxylation is 1. The number of nitrogens with one attached hydrogen (secondary N) is 1. The third-order valence-corrected chi connectivity index (χ3v) is 4.83. The van der Waals surface area contributed by atoms with Crippen molar-refractivity contribution in [3.8, 4) is 0 Å². The molecule has 4 nitrogen and oxygen atoms in total. The third kappa shape index (κ3) is 5.53. The van der Waals surface area contributed by atoms with Gasteiger partial charge in [-0.1, -0.05) is 26.0 Å². The highest BCUT2D eigenvalue weighted by Crippen LogP contribution is 2.24. The van der Waals surface area contributed by atoms with Gasteiger partial charge in [0.25, 0.3) is 0 Å². The van der Waals surface area contributed by atoms with Crippen LogP contribution in [0.5, 0.6) is 0 Å². The van der Waals surface area contributed by atoms with Gasteiger partial charge in [0.1, 0.15) is 5.82 Å². The maximum absolute atomic E-state index is 13.2. The van der Waals surface area contributed by atoms with Crippen LogP contribution in [0.1, 0.15) is 37.0 Å². The molecular weight excluding hydrogens is 335 g/mol. The molecule has 0 saturated carbocycles. The quantitative estimate of drug-likeness (QED) is 0.624. The molecule has 1 heterocycles. The molecule has 0 bridgehead atoms. The van der Waals surface area contributed by atoms with Gasteiger partial charge in [-0.15, -0.1) is 11.3 Å². The molecular formula is C19H27FN4S. The van der Waals surface area contributed by atoms with Crippen molar-refractivity contribution in [3.63, 3.8) is 0 Å². The lowest BCUT2D eigenvalue weighted by Gasteiger charge is -2.26. The van der Waals surface area contributed by atoms with E-state index in [9.17, 15) is 4.39 Å².